The maximum Gasteiger partial charge on any atom is 0.321 e. The van der Waals surface area contributed by atoms with Gasteiger partial charge in [0.15, 0.2) is 5.75 Å². The molecule has 0 fully saturated rings. The molecule has 0 aliphatic carbocycles. The molecular weight excluding hydrogens is 447 g/mol. The second-order valence-electron chi connectivity index (χ2n) is 7.50. The van der Waals surface area contributed by atoms with Crippen LogP contribution in [0.5, 0.6) is 5.75 Å². The predicted molar refractivity (Wildman–Crippen MR) is 128 cm³/mol. The van der Waals surface area contributed by atoms with Crippen LogP contribution < -0.4 is 10.1 Å². The van der Waals surface area contributed by atoms with E-state index in [0.29, 0.717) is 35.4 Å². The van der Waals surface area contributed by atoms with Crippen molar-refractivity contribution in [1.29, 1.82) is 0 Å². The van der Waals surface area contributed by atoms with Crippen molar-refractivity contribution < 1.29 is 14.6 Å². The molecule has 3 N–H and O–H groups in total. The van der Waals surface area contributed by atoms with Crippen molar-refractivity contribution in [2.45, 2.75) is 25.6 Å². The van der Waals surface area contributed by atoms with Crippen molar-refractivity contribution in [3.05, 3.63) is 99.7 Å². The van der Waals surface area contributed by atoms with Gasteiger partial charge in [0, 0.05) is 30.1 Å². The summed E-state index contributed by atoms with van der Waals surface area (Å²) in [6.07, 6.45) is 2.20. The van der Waals surface area contributed by atoms with Crippen molar-refractivity contribution in [2.24, 2.45) is 0 Å². The number of hydrogen-bond acceptors (Lipinski definition) is 3. The monoisotopic (exact) mass is 468 g/mol. The van der Waals surface area contributed by atoms with E-state index in [1.54, 1.807) is 12.1 Å². The number of carboxylic acid groups (broad SMARTS) is 1. The van der Waals surface area contributed by atoms with Crippen LogP contribution in [0.25, 0.3) is 10.9 Å². The first-order valence-corrected chi connectivity index (χ1v) is 10.9. The Balaban J connectivity index is 1.42. The molecular formula is C25H22Cl2N2O3. The summed E-state index contributed by atoms with van der Waals surface area (Å²) in [6.45, 7) is 0.654. The van der Waals surface area contributed by atoms with Gasteiger partial charge in [0.2, 0.25) is 0 Å². The minimum absolute atomic E-state index is 0.303. The number of benzene rings is 3. The lowest BCUT2D eigenvalue weighted by Crippen LogP contribution is -2.38. The third-order valence-corrected chi connectivity index (χ3v) is 5.80. The van der Waals surface area contributed by atoms with Crippen LogP contribution in [0.3, 0.4) is 0 Å². The lowest BCUT2D eigenvalue weighted by Gasteiger charge is -2.16. The average molecular weight is 469 g/mol. The van der Waals surface area contributed by atoms with E-state index in [2.05, 4.69) is 10.3 Å². The van der Waals surface area contributed by atoms with Gasteiger partial charge < -0.3 is 20.1 Å². The molecule has 0 bridgehead atoms. The maximum atomic E-state index is 11.8. The quantitative estimate of drug-likeness (QED) is 0.288. The van der Waals surface area contributed by atoms with Gasteiger partial charge in [0.1, 0.15) is 12.6 Å². The maximum absolute atomic E-state index is 11.8. The van der Waals surface area contributed by atoms with Crippen molar-refractivity contribution in [3.8, 4) is 5.75 Å². The van der Waals surface area contributed by atoms with Crippen LogP contribution in [0.2, 0.25) is 10.0 Å². The number of aromatic nitrogens is 1. The van der Waals surface area contributed by atoms with Gasteiger partial charge in [0.25, 0.3) is 0 Å². The number of para-hydroxylation sites is 1. The predicted octanol–water partition coefficient (Wildman–Crippen LogP) is 5.84. The highest BCUT2D eigenvalue weighted by Gasteiger charge is 2.20. The fourth-order valence-electron chi connectivity index (χ4n) is 3.59. The molecule has 3 aromatic carbocycles. The van der Waals surface area contributed by atoms with Crippen molar-refractivity contribution in [3.63, 3.8) is 0 Å². The average Bonchev–Trinajstić information content (AvgIpc) is 3.19. The Hall–Kier alpha value is -2.99. The van der Waals surface area contributed by atoms with E-state index in [-0.39, 0.29) is 0 Å². The number of aliphatic carboxylic acids is 1. The number of aromatic amines is 1. The normalized spacial score (nSPS) is 12.1. The second kappa shape index (κ2) is 10.1. The number of H-pyrrole nitrogens is 1. The Kier molecular flexibility index (Phi) is 7.00. The third kappa shape index (κ3) is 5.25. The first-order chi connectivity index (χ1) is 15.5. The molecule has 0 saturated carbocycles. The van der Waals surface area contributed by atoms with Gasteiger partial charge in [-0.1, -0.05) is 71.7 Å². The number of carbonyl (C=O) groups is 1. The standard InChI is InChI=1S/C25H22Cl2N2O3/c26-20-10-17(11-21(27)24(20)32-15-16-6-2-1-3-7-16)13-28-23(25(30)31)12-18-14-29-22-9-5-4-8-19(18)22/h1-11,14,23,28-29H,12-13,15H2,(H,30,31)/t23-/m1/s1. The van der Waals surface area contributed by atoms with E-state index in [9.17, 15) is 9.90 Å². The summed E-state index contributed by atoms with van der Waals surface area (Å²) in [4.78, 5) is 15.0. The van der Waals surface area contributed by atoms with Gasteiger partial charge in [-0.2, -0.15) is 0 Å². The smallest absolute Gasteiger partial charge is 0.321 e. The highest BCUT2D eigenvalue weighted by molar-refractivity contribution is 6.37. The largest absolute Gasteiger partial charge is 0.486 e. The van der Waals surface area contributed by atoms with E-state index in [4.69, 9.17) is 27.9 Å². The van der Waals surface area contributed by atoms with Crippen LogP contribution in [-0.4, -0.2) is 22.1 Å². The summed E-state index contributed by atoms with van der Waals surface area (Å²) in [5, 5.41) is 14.6. The van der Waals surface area contributed by atoms with Crippen LogP contribution in [0.1, 0.15) is 16.7 Å². The van der Waals surface area contributed by atoms with Gasteiger partial charge in [-0.25, -0.2) is 0 Å². The molecule has 1 atom stereocenters. The van der Waals surface area contributed by atoms with Gasteiger partial charge in [-0.15, -0.1) is 0 Å². The lowest BCUT2D eigenvalue weighted by molar-refractivity contribution is -0.139. The van der Waals surface area contributed by atoms with E-state index >= 15 is 0 Å². The first-order valence-electron chi connectivity index (χ1n) is 10.2. The molecule has 32 heavy (non-hydrogen) atoms. The molecule has 0 aliphatic heterocycles. The van der Waals surface area contributed by atoms with Gasteiger partial charge in [-0.05, 0) is 34.9 Å². The first kappa shape index (κ1) is 22.2. The van der Waals surface area contributed by atoms with Gasteiger partial charge in [0.05, 0.1) is 10.0 Å². The summed E-state index contributed by atoms with van der Waals surface area (Å²) in [5.41, 5.74) is 3.71. The number of hydrogen-bond donors (Lipinski definition) is 3. The van der Waals surface area contributed by atoms with Crippen LogP contribution in [0.15, 0.2) is 72.9 Å². The van der Waals surface area contributed by atoms with E-state index < -0.39 is 12.0 Å². The Labute approximate surface area is 195 Å². The summed E-state index contributed by atoms with van der Waals surface area (Å²) in [6, 6.07) is 20.3. The van der Waals surface area contributed by atoms with Crippen molar-refractivity contribution >= 4 is 40.1 Å². The number of nitrogens with one attached hydrogen (secondary N) is 2. The van der Waals surface area contributed by atoms with E-state index in [1.807, 2.05) is 60.8 Å². The summed E-state index contributed by atoms with van der Waals surface area (Å²) >= 11 is 12.8. The molecule has 0 spiro atoms. The molecule has 5 nitrogen and oxygen atoms in total. The fraction of sp³-hybridized carbons (Fsp3) is 0.160. The van der Waals surface area contributed by atoms with Gasteiger partial charge in [-0.3, -0.25) is 4.79 Å². The van der Waals surface area contributed by atoms with Crippen LogP contribution in [0, 0.1) is 0 Å². The molecule has 4 rings (SSSR count). The highest BCUT2D eigenvalue weighted by Crippen LogP contribution is 2.35. The Morgan fingerprint density at radius 3 is 2.41 bits per heavy atom. The molecule has 1 heterocycles. The molecule has 0 amide bonds. The molecule has 7 heteroatoms. The molecule has 1 aromatic heterocycles. The minimum atomic E-state index is -0.921. The SMILES string of the molecule is O=C(O)[C@@H](Cc1c[nH]c2ccccc12)NCc1cc(Cl)c(OCc2ccccc2)c(Cl)c1. The Bertz CT molecular complexity index is 1200. The van der Waals surface area contributed by atoms with E-state index in [1.165, 1.54) is 0 Å². The molecule has 0 unspecified atom stereocenters. The molecule has 0 aliphatic rings. The number of fused-ring (bicyclic) bond motifs is 1. The van der Waals surface area contributed by atoms with Crippen LogP contribution in [-0.2, 0) is 24.4 Å². The topological polar surface area (TPSA) is 74.3 Å². The molecule has 0 radical (unpaired) electrons. The second-order valence-corrected chi connectivity index (χ2v) is 8.31. The number of rotatable bonds is 9. The van der Waals surface area contributed by atoms with E-state index in [0.717, 1.165) is 27.6 Å². The molecule has 164 valence electrons. The highest BCUT2D eigenvalue weighted by atomic mass is 35.5. The molecule has 0 saturated heterocycles. The summed E-state index contributed by atoms with van der Waals surface area (Å²) in [7, 11) is 0. The third-order valence-electron chi connectivity index (χ3n) is 5.23. The Morgan fingerprint density at radius 2 is 1.69 bits per heavy atom. The summed E-state index contributed by atoms with van der Waals surface area (Å²) < 4.78 is 5.80. The molecule has 4 aromatic rings. The van der Waals surface area contributed by atoms with Crippen molar-refractivity contribution in [2.75, 3.05) is 0 Å². The number of halogens is 2. The van der Waals surface area contributed by atoms with Crippen LogP contribution >= 0.6 is 23.2 Å². The van der Waals surface area contributed by atoms with Crippen LogP contribution in [0.4, 0.5) is 0 Å². The zero-order chi connectivity index (χ0) is 22.5. The van der Waals surface area contributed by atoms with Crippen molar-refractivity contribution in [1.82, 2.24) is 10.3 Å². The number of carboxylic acids is 1. The number of ether oxygens (including phenoxy) is 1. The Morgan fingerprint density at radius 1 is 1.00 bits per heavy atom. The zero-order valence-corrected chi connectivity index (χ0v) is 18.7. The fourth-order valence-corrected chi connectivity index (χ4v) is 4.23. The zero-order valence-electron chi connectivity index (χ0n) is 17.1. The lowest BCUT2D eigenvalue weighted by atomic mass is 10.0. The summed E-state index contributed by atoms with van der Waals surface area (Å²) in [5.74, 6) is -0.509. The minimum Gasteiger partial charge on any atom is -0.486 e. The van der Waals surface area contributed by atoms with Gasteiger partial charge >= 0.3 is 5.97 Å².